The van der Waals surface area contributed by atoms with Gasteiger partial charge in [0.15, 0.2) is 5.41 Å². The predicted octanol–water partition coefficient (Wildman–Crippen LogP) is 0.841. The maximum Gasteiger partial charge on any atom is 0.324 e. The lowest BCUT2D eigenvalue weighted by atomic mass is 9.80. The summed E-state index contributed by atoms with van der Waals surface area (Å²) in [5.74, 6) is -1.80. The SMILES string of the molecule is CCOCC1CC(CCC(=O)OC)(C(=O)OCC)C(=O)O1. The summed E-state index contributed by atoms with van der Waals surface area (Å²) in [6.45, 7) is 4.35. The first-order chi connectivity index (χ1) is 10.00. The molecule has 7 heteroatoms. The van der Waals surface area contributed by atoms with E-state index in [2.05, 4.69) is 4.74 Å². The molecule has 0 saturated carbocycles. The molecule has 0 aliphatic carbocycles. The van der Waals surface area contributed by atoms with E-state index in [0.717, 1.165) is 0 Å². The average Bonchev–Trinajstić information content (AvgIpc) is 2.80. The van der Waals surface area contributed by atoms with Crippen LogP contribution in [0.25, 0.3) is 0 Å². The highest BCUT2D eigenvalue weighted by atomic mass is 16.6. The number of carbonyl (C=O) groups is 3. The molecule has 0 aromatic carbocycles. The number of rotatable bonds is 8. The Kier molecular flexibility index (Phi) is 6.61. The van der Waals surface area contributed by atoms with Gasteiger partial charge >= 0.3 is 17.9 Å². The van der Waals surface area contributed by atoms with Crippen LogP contribution in [0.4, 0.5) is 0 Å². The minimum Gasteiger partial charge on any atom is -0.469 e. The number of cyclic esters (lactones) is 1. The number of carbonyl (C=O) groups excluding carboxylic acids is 3. The Hall–Kier alpha value is -1.63. The highest BCUT2D eigenvalue weighted by molar-refractivity contribution is 6.01. The first-order valence-corrected chi connectivity index (χ1v) is 7.03. The lowest BCUT2D eigenvalue weighted by Gasteiger charge is -2.21. The molecule has 2 atom stereocenters. The Morgan fingerprint density at radius 3 is 2.62 bits per heavy atom. The molecule has 1 heterocycles. The number of hydrogen-bond acceptors (Lipinski definition) is 7. The molecular formula is C14H22O7. The van der Waals surface area contributed by atoms with Gasteiger partial charge in [-0.3, -0.25) is 14.4 Å². The van der Waals surface area contributed by atoms with Crippen molar-refractivity contribution in [2.75, 3.05) is 26.9 Å². The molecule has 1 aliphatic rings. The molecule has 7 nitrogen and oxygen atoms in total. The van der Waals surface area contributed by atoms with Crippen LogP contribution >= 0.6 is 0 Å². The van der Waals surface area contributed by atoms with Crippen LogP contribution < -0.4 is 0 Å². The van der Waals surface area contributed by atoms with Gasteiger partial charge < -0.3 is 18.9 Å². The molecule has 2 unspecified atom stereocenters. The summed E-state index contributed by atoms with van der Waals surface area (Å²) in [7, 11) is 1.25. The summed E-state index contributed by atoms with van der Waals surface area (Å²) in [5.41, 5.74) is -1.44. The van der Waals surface area contributed by atoms with Crippen molar-refractivity contribution in [3.8, 4) is 0 Å². The summed E-state index contributed by atoms with van der Waals surface area (Å²) in [6.07, 6.45) is -0.382. The molecular weight excluding hydrogens is 280 g/mol. The predicted molar refractivity (Wildman–Crippen MR) is 71.3 cm³/mol. The van der Waals surface area contributed by atoms with Gasteiger partial charge in [-0.05, 0) is 20.3 Å². The van der Waals surface area contributed by atoms with Gasteiger partial charge in [0.1, 0.15) is 6.10 Å². The summed E-state index contributed by atoms with van der Waals surface area (Å²) >= 11 is 0. The zero-order valence-corrected chi connectivity index (χ0v) is 12.7. The van der Waals surface area contributed by atoms with Crippen LogP contribution in [0.2, 0.25) is 0 Å². The third-order valence-corrected chi connectivity index (χ3v) is 3.40. The van der Waals surface area contributed by atoms with Gasteiger partial charge in [-0.1, -0.05) is 0 Å². The summed E-state index contributed by atoms with van der Waals surface area (Å²) in [5, 5.41) is 0. The summed E-state index contributed by atoms with van der Waals surface area (Å²) in [4.78, 5) is 35.6. The molecule has 1 rings (SSSR count). The molecule has 1 saturated heterocycles. The van der Waals surface area contributed by atoms with Crippen LogP contribution in [0.5, 0.6) is 0 Å². The van der Waals surface area contributed by atoms with Crippen molar-refractivity contribution in [1.29, 1.82) is 0 Å². The van der Waals surface area contributed by atoms with E-state index in [1.165, 1.54) is 7.11 Å². The Labute approximate surface area is 123 Å². The maximum absolute atomic E-state index is 12.2. The van der Waals surface area contributed by atoms with E-state index in [-0.39, 0.29) is 32.5 Å². The van der Waals surface area contributed by atoms with Gasteiger partial charge in [0.05, 0.1) is 20.3 Å². The molecule has 120 valence electrons. The number of ether oxygens (including phenoxy) is 4. The molecule has 21 heavy (non-hydrogen) atoms. The van der Waals surface area contributed by atoms with Crippen LogP contribution in [0.3, 0.4) is 0 Å². The van der Waals surface area contributed by atoms with E-state index in [0.29, 0.717) is 6.61 Å². The van der Waals surface area contributed by atoms with Crippen LogP contribution in [0, 0.1) is 5.41 Å². The number of methoxy groups -OCH3 is 1. The van der Waals surface area contributed by atoms with Crippen LogP contribution in [-0.4, -0.2) is 50.9 Å². The van der Waals surface area contributed by atoms with E-state index in [1.807, 2.05) is 6.92 Å². The van der Waals surface area contributed by atoms with Crippen LogP contribution in [-0.2, 0) is 33.3 Å². The Morgan fingerprint density at radius 1 is 1.33 bits per heavy atom. The third-order valence-electron chi connectivity index (χ3n) is 3.40. The second kappa shape index (κ2) is 7.97. The van der Waals surface area contributed by atoms with Crippen molar-refractivity contribution in [2.24, 2.45) is 5.41 Å². The summed E-state index contributed by atoms with van der Waals surface area (Å²) < 4.78 is 20.0. The van der Waals surface area contributed by atoms with E-state index < -0.39 is 29.4 Å². The normalized spacial score (nSPS) is 24.5. The topological polar surface area (TPSA) is 88.1 Å². The number of hydrogen-bond donors (Lipinski definition) is 0. The lowest BCUT2D eigenvalue weighted by Crippen LogP contribution is -2.38. The quantitative estimate of drug-likeness (QED) is 0.373. The second-order valence-corrected chi connectivity index (χ2v) is 4.77. The highest BCUT2D eigenvalue weighted by Crippen LogP contribution is 2.40. The van der Waals surface area contributed by atoms with Crippen LogP contribution in [0.15, 0.2) is 0 Å². The van der Waals surface area contributed by atoms with Crippen molar-refractivity contribution in [3.05, 3.63) is 0 Å². The molecule has 0 spiro atoms. The van der Waals surface area contributed by atoms with Crippen molar-refractivity contribution in [3.63, 3.8) is 0 Å². The minimum absolute atomic E-state index is 0.0139. The second-order valence-electron chi connectivity index (χ2n) is 4.77. The smallest absolute Gasteiger partial charge is 0.324 e. The molecule has 0 radical (unpaired) electrons. The molecule has 0 aromatic heterocycles. The minimum atomic E-state index is -1.44. The Balaban J connectivity index is 2.84. The average molecular weight is 302 g/mol. The first kappa shape index (κ1) is 17.4. The van der Waals surface area contributed by atoms with E-state index in [9.17, 15) is 14.4 Å². The van der Waals surface area contributed by atoms with E-state index >= 15 is 0 Å². The fraction of sp³-hybridized carbons (Fsp3) is 0.786. The van der Waals surface area contributed by atoms with Gasteiger partial charge in [0.25, 0.3) is 0 Å². The molecule has 1 aliphatic heterocycles. The Morgan fingerprint density at radius 2 is 2.05 bits per heavy atom. The largest absolute Gasteiger partial charge is 0.469 e. The zero-order chi connectivity index (χ0) is 15.9. The standard InChI is InChI=1S/C14H22O7/c1-4-19-9-10-8-14(13(17)21-10,12(16)20-5-2)7-6-11(15)18-3/h10H,4-9H2,1-3H3. The van der Waals surface area contributed by atoms with Gasteiger partial charge in [-0.15, -0.1) is 0 Å². The van der Waals surface area contributed by atoms with Crippen molar-refractivity contribution < 1.29 is 33.3 Å². The molecule has 1 fully saturated rings. The van der Waals surface area contributed by atoms with Crippen molar-refractivity contribution in [1.82, 2.24) is 0 Å². The van der Waals surface area contributed by atoms with Gasteiger partial charge in [0.2, 0.25) is 0 Å². The fourth-order valence-corrected chi connectivity index (χ4v) is 2.28. The van der Waals surface area contributed by atoms with Gasteiger partial charge in [-0.25, -0.2) is 0 Å². The van der Waals surface area contributed by atoms with E-state index in [4.69, 9.17) is 14.2 Å². The van der Waals surface area contributed by atoms with Gasteiger partial charge in [0, 0.05) is 19.4 Å². The van der Waals surface area contributed by atoms with E-state index in [1.54, 1.807) is 6.92 Å². The fourth-order valence-electron chi connectivity index (χ4n) is 2.28. The number of esters is 3. The zero-order valence-electron chi connectivity index (χ0n) is 12.7. The molecule has 0 aromatic rings. The monoisotopic (exact) mass is 302 g/mol. The molecule has 0 N–H and O–H groups in total. The molecule has 0 amide bonds. The lowest BCUT2D eigenvalue weighted by molar-refractivity contribution is -0.166. The summed E-state index contributed by atoms with van der Waals surface area (Å²) in [6, 6.07) is 0. The third kappa shape index (κ3) is 4.17. The van der Waals surface area contributed by atoms with Gasteiger partial charge in [-0.2, -0.15) is 0 Å². The first-order valence-electron chi connectivity index (χ1n) is 7.03. The highest BCUT2D eigenvalue weighted by Gasteiger charge is 2.56. The van der Waals surface area contributed by atoms with Crippen LogP contribution in [0.1, 0.15) is 33.1 Å². The molecule has 0 bridgehead atoms. The van der Waals surface area contributed by atoms with Crippen molar-refractivity contribution >= 4 is 17.9 Å². The van der Waals surface area contributed by atoms with Crippen molar-refractivity contribution in [2.45, 2.75) is 39.2 Å². The Bertz CT molecular complexity index is 393. The maximum atomic E-state index is 12.2.